The Morgan fingerprint density at radius 1 is 1.29 bits per heavy atom. The van der Waals surface area contributed by atoms with E-state index in [0.717, 1.165) is 50.6 Å². The van der Waals surface area contributed by atoms with Crippen molar-refractivity contribution in [2.75, 3.05) is 24.2 Å². The number of halogens is 1. The maximum absolute atomic E-state index is 12.3. The van der Waals surface area contributed by atoms with E-state index in [-0.39, 0.29) is 11.8 Å². The number of hydrogen-bond donors (Lipinski definition) is 2. The predicted molar refractivity (Wildman–Crippen MR) is 138 cm³/mol. The van der Waals surface area contributed by atoms with Crippen LogP contribution in [0.3, 0.4) is 0 Å². The quantitative estimate of drug-likeness (QED) is 0.376. The van der Waals surface area contributed by atoms with Crippen LogP contribution in [0.4, 0.5) is 5.69 Å². The van der Waals surface area contributed by atoms with Crippen molar-refractivity contribution in [3.63, 3.8) is 0 Å². The van der Waals surface area contributed by atoms with Gasteiger partial charge in [0.25, 0.3) is 0 Å². The lowest BCUT2D eigenvalue weighted by atomic mass is 10.2. The van der Waals surface area contributed by atoms with Gasteiger partial charge >= 0.3 is 0 Å². The largest absolute Gasteiger partial charge is 0.378 e. The van der Waals surface area contributed by atoms with Gasteiger partial charge in [-0.05, 0) is 67.4 Å². The molecule has 10 heteroatoms. The smallest absolute Gasteiger partial charge is 0.213 e. The second kappa shape index (κ2) is 8.83. The lowest BCUT2D eigenvalue weighted by Gasteiger charge is -2.17. The van der Waals surface area contributed by atoms with Gasteiger partial charge in [-0.15, -0.1) is 0 Å². The molecule has 5 rings (SSSR count). The molecule has 1 aliphatic heterocycles. The van der Waals surface area contributed by atoms with Crippen LogP contribution in [0.1, 0.15) is 24.7 Å². The molecule has 0 aliphatic carbocycles. The van der Waals surface area contributed by atoms with E-state index in [1.54, 1.807) is 17.4 Å². The van der Waals surface area contributed by atoms with E-state index in [1.807, 2.05) is 24.3 Å². The van der Waals surface area contributed by atoms with Crippen molar-refractivity contribution in [3.05, 3.63) is 58.5 Å². The van der Waals surface area contributed by atoms with Crippen LogP contribution in [0, 0.1) is 19.9 Å². The number of rotatable bonds is 6. The molecule has 0 spiro atoms. The summed E-state index contributed by atoms with van der Waals surface area (Å²) in [6.07, 6.45) is 2.47. The summed E-state index contributed by atoms with van der Waals surface area (Å²) in [5.74, 6) is 0.860. The number of aryl methyl sites for hydroxylation is 1. The standard InChI is InChI=1S/C24H26BrN6O2S/c1-4-34(32,33)30-11-10-17(14-30)27-21-20(25)13-26-24-22(21)28-23(29-24)19-12-15(2)31(16(19)3)18-8-6-5-7-9-18/h6-9,12-13,17H,4,10-11,14H2,1-3H3,(H2,26,27,28,29)/t17-/m0/s1. The Bertz CT molecular complexity index is 1460. The number of aromatic amines is 1. The van der Waals surface area contributed by atoms with Crippen molar-refractivity contribution in [2.24, 2.45) is 0 Å². The number of benzene rings is 1. The number of sulfonamides is 1. The van der Waals surface area contributed by atoms with E-state index in [2.05, 4.69) is 61.8 Å². The number of anilines is 1. The average Bonchev–Trinajstić information content (AvgIpc) is 3.54. The molecule has 1 fully saturated rings. The van der Waals surface area contributed by atoms with Crippen molar-refractivity contribution in [1.82, 2.24) is 23.8 Å². The Morgan fingerprint density at radius 3 is 2.79 bits per heavy atom. The zero-order valence-corrected chi connectivity index (χ0v) is 21.7. The molecule has 1 atom stereocenters. The Morgan fingerprint density at radius 2 is 2.06 bits per heavy atom. The van der Waals surface area contributed by atoms with Gasteiger partial charge in [0.05, 0.1) is 15.9 Å². The fourth-order valence-electron chi connectivity index (χ4n) is 4.61. The summed E-state index contributed by atoms with van der Waals surface area (Å²) in [6, 6.07) is 13.1. The lowest BCUT2D eigenvalue weighted by Crippen LogP contribution is -2.32. The highest BCUT2D eigenvalue weighted by Crippen LogP contribution is 2.34. The molecule has 1 radical (unpaired) electrons. The van der Waals surface area contributed by atoms with Gasteiger partial charge in [-0.2, -0.15) is 4.31 Å². The lowest BCUT2D eigenvalue weighted by molar-refractivity contribution is 0.476. The Kier molecular flexibility index (Phi) is 5.99. The van der Waals surface area contributed by atoms with Crippen LogP contribution in [-0.2, 0) is 10.0 Å². The van der Waals surface area contributed by atoms with Crippen LogP contribution in [0.25, 0.3) is 28.2 Å². The second-order valence-electron chi connectivity index (χ2n) is 8.53. The molecule has 3 aromatic heterocycles. The van der Waals surface area contributed by atoms with E-state index < -0.39 is 10.0 Å². The van der Waals surface area contributed by atoms with Gasteiger partial charge in [0, 0.05) is 48.0 Å². The average molecular weight is 542 g/mol. The zero-order valence-electron chi connectivity index (χ0n) is 19.3. The van der Waals surface area contributed by atoms with Crippen molar-refractivity contribution < 1.29 is 8.42 Å². The van der Waals surface area contributed by atoms with E-state index in [9.17, 15) is 8.42 Å². The first-order chi connectivity index (χ1) is 16.3. The van der Waals surface area contributed by atoms with Gasteiger partial charge in [-0.1, -0.05) is 12.1 Å². The number of aromatic nitrogens is 4. The van der Waals surface area contributed by atoms with Gasteiger partial charge in [0.1, 0.15) is 11.3 Å². The van der Waals surface area contributed by atoms with Crippen LogP contribution in [0.5, 0.6) is 0 Å². The molecule has 4 aromatic rings. The summed E-state index contributed by atoms with van der Waals surface area (Å²) in [6.45, 7) is 6.81. The zero-order chi connectivity index (χ0) is 24.0. The molecule has 2 N–H and O–H groups in total. The van der Waals surface area contributed by atoms with Crippen LogP contribution in [-0.4, -0.2) is 57.1 Å². The van der Waals surface area contributed by atoms with E-state index in [1.165, 1.54) is 0 Å². The van der Waals surface area contributed by atoms with Gasteiger partial charge in [-0.25, -0.2) is 18.4 Å². The number of fused-ring (bicyclic) bond motifs is 1. The Hall–Kier alpha value is -2.69. The highest BCUT2D eigenvalue weighted by atomic mass is 79.9. The Labute approximate surface area is 207 Å². The van der Waals surface area contributed by atoms with Crippen molar-refractivity contribution in [3.8, 4) is 17.1 Å². The minimum absolute atomic E-state index is 0.00919. The molecule has 0 bridgehead atoms. The van der Waals surface area contributed by atoms with Crippen molar-refractivity contribution >= 4 is 42.8 Å². The van der Waals surface area contributed by atoms with E-state index in [4.69, 9.17) is 4.98 Å². The van der Waals surface area contributed by atoms with E-state index >= 15 is 0 Å². The summed E-state index contributed by atoms with van der Waals surface area (Å²) in [5, 5.41) is 3.53. The molecule has 177 valence electrons. The topological polar surface area (TPSA) is 95.9 Å². The molecule has 0 amide bonds. The van der Waals surface area contributed by atoms with Gasteiger partial charge < -0.3 is 14.9 Å². The van der Waals surface area contributed by atoms with Crippen molar-refractivity contribution in [1.29, 1.82) is 0 Å². The summed E-state index contributed by atoms with van der Waals surface area (Å²) in [5.41, 5.74) is 6.51. The fraction of sp³-hybridized carbons (Fsp3) is 0.333. The monoisotopic (exact) mass is 541 g/mol. The van der Waals surface area contributed by atoms with Crippen LogP contribution in [0.15, 0.2) is 41.0 Å². The first kappa shape index (κ1) is 23.1. The maximum atomic E-state index is 12.3. The molecular weight excluding hydrogens is 516 g/mol. The summed E-state index contributed by atoms with van der Waals surface area (Å²) in [7, 11) is -3.19. The molecule has 1 saturated heterocycles. The van der Waals surface area contributed by atoms with Gasteiger partial charge in [0.15, 0.2) is 5.65 Å². The van der Waals surface area contributed by atoms with Crippen LogP contribution < -0.4 is 5.32 Å². The number of imidazole rings is 1. The molecule has 34 heavy (non-hydrogen) atoms. The minimum atomic E-state index is -3.19. The summed E-state index contributed by atoms with van der Waals surface area (Å²) >= 11 is 3.61. The Balaban J connectivity index is 1.50. The number of nitrogens with zero attached hydrogens (tertiary/aromatic N) is 4. The molecule has 0 saturated carbocycles. The predicted octanol–water partition coefficient (Wildman–Crippen LogP) is 4.43. The molecular formula is C24H26BrN6O2S. The number of nitrogens with one attached hydrogen (secondary N) is 2. The molecule has 1 aromatic carbocycles. The highest BCUT2D eigenvalue weighted by Gasteiger charge is 2.31. The fourth-order valence-corrected chi connectivity index (χ4v) is 6.19. The summed E-state index contributed by atoms with van der Waals surface area (Å²) in [4.78, 5) is 12.7. The third-order valence-electron chi connectivity index (χ3n) is 6.38. The van der Waals surface area contributed by atoms with Gasteiger partial charge in [0.2, 0.25) is 10.0 Å². The number of hydrogen-bond acceptors (Lipinski definition) is 5. The molecule has 4 heterocycles. The maximum Gasteiger partial charge on any atom is 0.213 e. The number of pyridine rings is 1. The SMILES string of the molecule is CCS(=O)(=O)N1CC[C@H](Nc2c(Br)cnc3nc(-c4cc(C)n(-c5cc[c]cc5)c4C)[nH]c23)C1. The molecule has 1 aliphatic rings. The first-order valence-corrected chi connectivity index (χ1v) is 13.6. The number of H-pyrrole nitrogens is 1. The normalized spacial score (nSPS) is 17.0. The van der Waals surface area contributed by atoms with Crippen LogP contribution >= 0.6 is 15.9 Å². The second-order valence-corrected chi connectivity index (χ2v) is 11.6. The third-order valence-corrected chi connectivity index (χ3v) is 8.83. The van der Waals surface area contributed by atoms with Crippen molar-refractivity contribution in [2.45, 2.75) is 33.2 Å². The molecule has 0 unspecified atom stereocenters. The minimum Gasteiger partial charge on any atom is -0.378 e. The van der Waals surface area contributed by atoms with E-state index in [0.29, 0.717) is 18.7 Å². The third kappa shape index (κ3) is 4.03. The molecule has 8 nitrogen and oxygen atoms in total. The highest BCUT2D eigenvalue weighted by molar-refractivity contribution is 9.10. The first-order valence-electron chi connectivity index (χ1n) is 11.2. The van der Waals surface area contributed by atoms with Gasteiger partial charge in [-0.3, -0.25) is 0 Å². The van der Waals surface area contributed by atoms with Crippen LogP contribution in [0.2, 0.25) is 0 Å². The summed E-state index contributed by atoms with van der Waals surface area (Å²) < 4.78 is 29.1.